The van der Waals surface area contributed by atoms with Crippen LogP contribution < -0.4 is 10.6 Å². The van der Waals surface area contributed by atoms with Gasteiger partial charge in [0.25, 0.3) is 0 Å². The molecule has 0 aliphatic carbocycles. The van der Waals surface area contributed by atoms with E-state index in [1.165, 1.54) is 0 Å². The molecule has 0 bridgehead atoms. The van der Waals surface area contributed by atoms with Crippen LogP contribution in [-0.2, 0) is 4.79 Å². The Hall–Kier alpha value is -0.940. The smallest absolute Gasteiger partial charge is 0.231 e. The molecule has 1 amide bonds. The number of pyridine rings is 1. The monoisotopic (exact) mass is 297 g/mol. The Morgan fingerprint density at radius 2 is 2.41 bits per heavy atom. The Balaban J connectivity index is 2.03. The van der Waals surface area contributed by atoms with Crippen LogP contribution >= 0.6 is 15.9 Å². The van der Waals surface area contributed by atoms with Gasteiger partial charge in [-0.2, -0.15) is 0 Å². The summed E-state index contributed by atoms with van der Waals surface area (Å²) in [6.45, 7) is 3.74. The number of nitrogens with one attached hydrogen (secondary N) is 2. The number of carbonyl (C=O) groups excluding carboxylic acids is 1. The number of anilines is 1. The molecule has 1 unspecified atom stereocenters. The van der Waals surface area contributed by atoms with Crippen LogP contribution in [0.5, 0.6) is 0 Å². The third kappa shape index (κ3) is 3.04. The normalized spacial score (nSPS) is 24.4. The Bertz CT molecular complexity index is 399. The minimum absolute atomic E-state index is 0.0637. The molecule has 0 spiro atoms. The predicted molar refractivity (Wildman–Crippen MR) is 70.8 cm³/mol. The summed E-state index contributed by atoms with van der Waals surface area (Å²) in [6.07, 6.45) is 3.62. The molecular formula is C12H16BrN3O. The van der Waals surface area contributed by atoms with E-state index in [4.69, 9.17) is 0 Å². The van der Waals surface area contributed by atoms with E-state index in [0.29, 0.717) is 0 Å². The van der Waals surface area contributed by atoms with E-state index in [0.717, 1.165) is 36.2 Å². The highest BCUT2D eigenvalue weighted by atomic mass is 79.9. The molecule has 1 atom stereocenters. The first-order chi connectivity index (χ1) is 8.10. The highest BCUT2D eigenvalue weighted by molar-refractivity contribution is 9.10. The predicted octanol–water partition coefficient (Wildman–Crippen LogP) is 2.17. The summed E-state index contributed by atoms with van der Waals surface area (Å²) in [6, 6.07) is 3.66. The highest BCUT2D eigenvalue weighted by Gasteiger charge is 2.34. The minimum atomic E-state index is -0.314. The fourth-order valence-electron chi connectivity index (χ4n) is 1.98. The van der Waals surface area contributed by atoms with Crippen LogP contribution in [-0.4, -0.2) is 24.0 Å². The molecule has 1 aromatic heterocycles. The first-order valence-corrected chi connectivity index (χ1v) is 6.53. The molecule has 0 radical (unpaired) electrons. The molecule has 4 nitrogen and oxygen atoms in total. The molecule has 0 aromatic carbocycles. The van der Waals surface area contributed by atoms with Crippen LogP contribution in [0.4, 0.5) is 5.69 Å². The van der Waals surface area contributed by atoms with Crippen LogP contribution in [0.25, 0.3) is 0 Å². The SMILES string of the molecule is CC1(C(=O)Nc2ccc(Br)nc2)CCCNC1. The summed E-state index contributed by atoms with van der Waals surface area (Å²) in [5.74, 6) is 0.0637. The van der Waals surface area contributed by atoms with Crippen molar-refractivity contribution in [2.45, 2.75) is 19.8 Å². The maximum Gasteiger partial charge on any atom is 0.231 e. The lowest BCUT2D eigenvalue weighted by Crippen LogP contribution is -2.46. The molecular weight excluding hydrogens is 282 g/mol. The second-order valence-corrected chi connectivity index (χ2v) is 5.48. The number of aromatic nitrogens is 1. The highest BCUT2D eigenvalue weighted by Crippen LogP contribution is 2.27. The van der Waals surface area contributed by atoms with Crippen molar-refractivity contribution in [1.82, 2.24) is 10.3 Å². The molecule has 5 heteroatoms. The van der Waals surface area contributed by atoms with Gasteiger partial charge in [0.1, 0.15) is 4.60 Å². The quantitative estimate of drug-likeness (QED) is 0.823. The number of halogens is 1. The summed E-state index contributed by atoms with van der Waals surface area (Å²) < 4.78 is 0.765. The van der Waals surface area contributed by atoms with Gasteiger partial charge in [-0.3, -0.25) is 4.79 Å². The summed E-state index contributed by atoms with van der Waals surface area (Å²) in [7, 11) is 0. The van der Waals surface area contributed by atoms with Gasteiger partial charge in [0.05, 0.1) is 17.3 Å². The van der Waals surface area contributed by atoms with E-state index >= 15 is 0 Å². The lowest BCUT2D eigenvalue weighted by atomic mass is 9.82. The molecule has 17 heavy (non-hydrogen) atoms. The second kappa shape index (κ2) is 5.14. The molecule has 1 fully saturated rings. The average molecular weight is 298 g/mol. The third-order valence-corrected chi connectivity index (χ3v) is 3.60. The standard InChI is InChI=1S/C12H16BrN3O/c1-12(5-2-6-14-8-12)11(17)16-9-3-4-10(13)15-7-9/h3-4,7,14H,2,5-6,8H2,1H3,(H,16,17). The van der Waals surface area contributed by atoms with Crippen LogP contribution in [0, 0.1) is 5.41 Å². The molecule has 1 aromatic rings. The molecule has 1 saturated heterocycles. The van der Waals surface area contributed by atoms with Gasteiger partial charge in [-0.05, 0) is 54.4 Å². The Kier molecular flexibility index (Phi) is 3.79. The van der Waals surface area contributed by atoms with Crippen LogP contribution in [0.1, 0.15) is 19.8 Å². The zero-order valence-corrected chi connectivity index (χ0v) is 11.4. The molecule has 1 aliphatic heterocycles. The lowest BCUT2D eigenvalue weighted by Gasteiger charge is -2.32. The van der Waals surface area contributed by atoms with Crippen molar-refractivity contribution in [1.29, 1.82) is 0 Å². The molecule has 1 aliphatic rings. The van der Waals surface area contributed by atoms with Gasteiger partial charge in [-0.25, -0.2) is 4.98 Å². The molecule has 2 N–H and O–H groups in total. The number of piperidine rings is 1. The van der Waals surface area contributed by atoms with Crippen molar-refractivity contribution in [2.24, 2.45) is 5.41 Å². The fourth-order valence-corrected chi connectivity index (χ4v) is 2.22. The topological polar surface area (TPSA) is 54.0 Å². The zero-order chi connectivity index (χ0) is 12.3. The van der Waals surface area contributed by atoms with Gasteiger partial charge in [-0.15, -0.1) is 0 Å². The van der Waals surface area contributed by atoms with Crippen LogP contribution in [0.2, 0.25) is 0 Å². The van der Waals surface area contributed by atoms with Gasteiger partial charge < -0.3 is 10.6 Å². The number of rotatable bonds is 2. The van der Waals surface area contributed by atoms with Crippen molar-refractivity contribution in [3.05, 3.63) is 22.9 Å². The van der Waals surface area contributed by atoms with Gasteiger partial charge in [0.15, 0.2) is 0 Å². The van der Waals surface area contributed by atoms with Crippen molar-refractivity contribution in [2.75, 3.05) is 18.4 Å². The minimum Gasteiger partial charge on any atom is -0.324 e. The Morgan fingerprint density at radius 1 is 1.59 bits per heavy atom. The molecule has 2 heterocycles. The molecule has 0 saturated carbocycles. The van der Waals surface area contributed by atoms with Gasteiger partial charge in [0, 0.05) is 6.54 Å². The van der Waals surface area contributed by atoms with Crippen molar-refractivity contribution >= 4 is 27.5 Å². The van der Waals surface area contributed by atoms with E-state index < -0.39 is 0 Å². The fraction of sp³-hybridized carbons (Fsp3) is 0.500. The Labute approximate surface area is 109 Å². The maximum atomic E-state index is 12.2. The van der Waals surface area contributed by atoms with E-state index in [-0.39, 0.29) is 11.3 Å². The third-order valence-electron chi connectivity index (χ3n) is 3.13. The summed E-state index contributed by atoms with van der Waals surface area (Å²) >= 11 is 3.27. The second-order valence-electron chi connectivity index (χ2n) is 4.66. The number of hydrogen-bond acceptors (Lipinski definition) is 3. The first kappa shape index (κ1) is 12.5. The molecule has 2 rings (SSSR count). The maximum absolute atomic E-state index is 12.2. The summed E-state index contributed by atoms with van der Waals surface area (Å²) in [4.78, 5) is 16.3. The van der Waals surface area contributed by atoms with Crippen LogP contribution in [0.3, 0.4) is 0 Å². The van der Waals surface area contributed by atoms with Crippen molar-refractivity contribution in [3.63, 3.8) is 0 Å². The number of amides is 1. The van der Waals surface area contributed by atoms with Crippen molar-refractivity contribution in [3.8, 4) is 0 Å². The van der Waals surface area contributed by atoms with Gasteiger partial charge in [0.2, 0.25) is 5.91 Å². The van der Waals surface area contributed by atoms with E-state index in [9.17, 15) is 4.79 Å². The van der Waals surface area contributed by atoms with Crippen molar-refractivity contribution < 1.29 is 4.79 Å². The average Bonchev–Trinajstić information content (AvgIpc) is 2.33. The number of hydrogen-bond donors (Lipinski definition) is 2. The molecule has 92 valence electrons. The van der Waals surface area contributed by atoms with E-state index in [1.807, 2.05) is 19.1 Å². The zero-order valence-electron chi connectivity index (χ0n) is 9.79. The summed E-state index contributed by atoms with van der Waals surface area (Å²) in [5.41, 5.74) is 0.427. The van der Waals surface area contributed by atoms with E-state index in [1.54, 1.807) is 6.20 Å². The number of carbonyl (C=O) groups is 1. The van der Waals surface area contributed by atoms with E-state index in [2.05, 4.69) is 31.5 Å². The van der Waals surface area contributed by atoms with Gasteiger partial charge in [-0.1, -0.05) is 0 Å². The van der Waals surface area contributed by atoms with Gasteiger partial charge >= 0.3 is 0 Å². The largest absolute Gasteiger partial charge is 0.324 e. The Morgan fingerprint density at radius 3 is 3.00 bits per heavy atom. The van der Waals surface area contributed by atoms with Crippen LogP contribution in [0.15, 0.2) is 22.9 Å². The first-order valence-electron chi connectivity index (χ1n) is 5.74. The lowest BCUT2D eigenvalue weighted by molar-refractivity contribution is -0.125. The number of nitrogens with zero attached hydrogens (tertiary/aromatic N) is 1. The summed E-state index contributed by atoms with van der Waals surface area (Å²) in [5, 5.41) is 6.18.